The van der Waals surface area contributed by atoms with Crippen LogP contribution in [0.2, 0.25) is 0 Å². The van der Waals surface area contributed by atoms with Gasteiger partial charge < -0.3 is 24.1 Å². The van der Waals surface area contributed by atoms with Crippen LogP contribution < -0.4 is 14.9 Å². The van der Waals surface area contributed by atoms with Gasteiger partial charge in [0.2, 0.25) is 5.76 Å². The molecule has 1 aromatic heterocycles. The molecule has 1 heterocycles. The summed E-state index contributed by atoms with van der Waals surface area (Å²) in [7, 11) is 0. The Morgan fingerprint density at radius 3 is 2.44 bits per heavy atom. The zero-order chi connectivity index (χ0) is 19.4. The van der Waals surface area contributed by atoms with Gasteiger partial charge in [0.15, 0.2) is 5.43 Å². The molecule has 27 heavy (non-hydrogen) atoms. The predicted molar refractivity (Wildman–Crippen MR) is 97.6 cm³/mol. The maximum Gasteiger partial charge on any atom is 0.371 e. The zero-order valence-electron chi connectivity index (χ0n) is 14.5. The van der Waals surface area contributed by atoms with Crippen molar-refractivity contribution in [2.45, 2.75) is 13.0 Å². The van der Waals surface area contributed by atoms with Gasteiger partial charge in [-0.1, -0.05) is 24.3 Å². The van der Waals surface area contributed by atoms with Crippen molar-refractivity contribution in [3.8, 4) is 11.5 Å². The van der Waals surface area contributed by atoms with E-state index >= 15 is 0 Å². The van der Waals surface area contributed by atoms with E-state index in [-0.39, 0.29) is 29.9 Å². The third-order valence-corrected chi connectivity index (χ3v) is 3.88. The number of ether oxygens (including phenoxy) is 2. The first-order valence-electron chi connectivity index (χ1n) is 8.25. The van der Waals surface area contributed by atoms with Gasteiger partial charge in [0.05, 0.1) is 0 Å². The molecule has 2 aromatic carbocycles. The van der Waals surface area contributed by atoms with Gasteiger partial charge in [-0.15, -0.1) is 0 Å². The van der Waals surface area contributed by atoms with Gasteiger partial charge in [0.1, 0.15) is 41.8 Å². The van der Waals surface area contributed by atoms with Crippen LogP contribution >= 0.6 is 0 Å². The summed E-state index contributed by atoms with van der Waals surface area (Å²) in [4.78, 5) is 23.2. The van der Waals surface area contributed by atoms with E-state index in [9.17, 15) is 14.7 Å². The summed E-state index contributed by atoms with van der Waals surface area (Å²) in [5.41, 5.74) is 0.518. The lowest BCUT2D eigenvalue weighted by atomic mass is 10.2. The van der Waals surface area contributed by atoms with Crippen LogP contribution in [0.3, 0.4) is 0 Å². The number of rotatable bonds is 7. The van der Waals surface area contributed by atoms with E-state index in [0.717, 1.165) is 11.6 Å². The quantitative estimate of drug-likeness (QED) is 0.658. The van der Waals surface area contributed by atoms with Crippen LogP contribution in [0.25, 0.3) is 11.0 Å². The van der Waals surface area contributed by atoms with Gasteiger partial charge in [-0.05, 0) is 30.7 Å². The average Bonchev–Trinajstić information content (AvgIpc) is 2.65. The maximum atomic E-state index is 12.2. The van der Waals surface area contributed by atoms with Crippen molar-refractivity contribution < 1.29 is 28.9 Å². The highest BCUT2D eigenvalue weighted by molar-refractivity contribution is 5.89. The van der Waals surface area contributed by atoms with Crippen molar-refractivity contribution in [3.05, 3.63) is 70.1 Å². The standard InChI is InChI=1S/C20H18O7/c1-12-5-2-3-6-15(12)25-10-13(21)11-26-16-7-4-8-17-19(16)14(22)9-18(27-17)20(23)24/h2-9,13,21H,10-11H2,1H3,(H,23,24). The minimum Gasteiger partial charge on any atom is -0.490 e. The number of benzene rings is 2. The molecule has 7 heteroatoms. The Labute approximate surface area is 154 Å². The van der Waals surface area contributed by atoms with E-state index in [4.69, 9.17) is 19.0 Å². The SMILES string of the molecule is Cc1ccccc1OCC(O)COc1cccc2oc(C(=O)O)cc(=O)c12. The number of aryl methyl sites for hydroxylation is 1. The number of carbonyl (C=O) groups is 1. The molecule has 1 atom stereocenters. The number of hydrogen-bond acceptors (Lipinski definition) is 6. The summed E-state index contributed by atoms with van der Waals surface area (Å²) in [5, 5.41) is 19.2. The topological polar surface area (TPSA) is 106 Å². The molecule has 0 spiro atoms. The Morgan fingerprint density at radius 1 is 1.07 bits per heavy atom. The predicted octanol–water partition coefficient (Wildman–Crippen LogP) is 2.62. The van der Waals surface area contributed by atoms with Gasteiger partial charge in [-0.2, -0.15) is 0 Å². The first kappa shape index (κ1) is 18.5. The summed E-state index contributed by atoms with van der Waals surface area (Å²) < 4.78 is 16.3. The fourth-order valence-corrected chi connectivity index (χ4v) is 2.54. The number of fused-ring (bicyclic) bond motifs is 1. The number of hydrogen-bond donors (Lipinski definition) is 2. The lowest BCUT2D eigenvalue weighted by Crippen LogP contribution is -2.25. The van der Waals surface area contributed by atoms with Gasteiger partial charge in [-0.25, -0.2) is 4.79 Å². The van der Waals surface area contributed by atoms with E-state index in [1.807, 2.05) is 25.1 Å². The summed E-state index contributed by atoms with van der Waals surface area (Å²) in [6.07, 6.45) is -0.926. The fraction of sp³-hybridized carbons (Fsp3) is 0.200. The summed E-state index contributed by atoms with van der Waals surface area (Å²) in [6, 6.07) is 12.9. The molecule has 3 rings (SSSR count). The van der Waals surface area contributed by atoms with E-state index in [1.54, 1.807) is 18.2 Å². The first-order chi connectivity index (χ1) is 13.0. The van der Waals surface area contributed by atoms with Crippen LogP contribution in [-0.2, 0) is 0 Å². The normalized spacial score (nSPS) is 11.9. The molecule has 3 aromatic rings. The summed E-state index contributed by atoms with van der Waals surface area (Å²) >= 11 is 0. The van der Waals surface area contributed by atoms with Crippen LogP contribution in [0.15, 0.2) is 57.7 Å². The van der Waals surface area contributed by atoms with E-state index in [0.29, 0.717) is 5.75 Å². The van der Waals surface area contributed by atoms with E-state index in [1.165, 1.54) is 6.07 Å². The first-order valence-corrected chi connectivity index (χ1v) is 8.25. The van der Waals surface area contributed by atoms with E-state index in [2.05, 4.69) is 0 Å². The zero-order valence-corrected chi connectivity index (χ0v) is 14.5. The van der Waals surface area contributed by atoms with Gasteiger partial charge in [0.25, 0.3) is 0 Å². The van der Waals surface area contributed by atoms with Crippen LogP contribution in [0.5, 0.6) is 11.5 Å². The third-order valence-electron chi connectivity index (χ3n) is 3.88. The molecule has 7 nitrogen and oxygen atoms in total. The molecule has 0 bridgehead atoms. The molecule has 1 unspecified atom stereocenters. The minimum atomic E-state index is -1.33. The number of aliphatic hydroxyl groups excluding tert-OH is 1. The molecule has 140 valence electrons. The number of carboxylic acids is 1. The Hall–Kier alpha value is -3.32. The molecule has 0 radical (unpaired) electrons. The molecule has 0 saturated heterocycles. The molecular weight excluding hydrogens is 352 g/mol. The Balaban J connectivity index is 1.70. The number of aliphatic hydroxyl groups is 1. The van der Waals surface area contributed by atoms with Crippen molar-refractivity contribution in [1.29, 1.82) is 0 Å². The average molecular weight is 370 g/mol. The smallest absolute Gasteiger partial charge is 0.371 e. The molecule has 0 fully saturated rings. The van der Waals surface area contributed by atoms with Crippen LogP contribution in [0.4, 0.5) is 0 Å². The van der Waals surface area contributed by atoms with Gasteiger partial charge >= 0.3 is 5.97 Å². The molecule has 0 amide bonds. The van der Waals surface area contributed by atoms with Crippen LogP contribution in [-0.4, -0.2) is 35.5 Å². The molecular formula is C20H18O7. The molecule has 0 aliphatic rings. The van der Waals surface area contributed by atoms with E-state index < -0.39 is 23.3 Å². The monoisotopic (exact) mass is 370 g/mol. The van der Waals surface area contributed by atoms with Crippen molar-refractivity contribution in [1.82, 2.24) is 0 Å². The van der Waals surface area contributed by atoms with Crippen LogP contribution in [0.1, 0.15) is 16.1 Å². The fourth-order valence-electron chi connectivity index (χ4n) is 2.54. The number of carboxylic acid groups (broad SMARTS) is 1. The molecule has 0 saturated carbocycles. The minimum absolute atomic E-state index is 0.0212. The van der Waals surface area contributed by atoms with Gasteiger partial charge in [0, 0.05) is 6.07 Å². The highest BCUT2D eigenvalue weighted by atomic mass is 16.5. The molecule has 0 aliphatic heterocycles. The Bertz CT molecular complexity index is 1020. The largest absolute Gasteiger partial charge is 0.490 e. The second kappa shape index (κ2) is 7.92. The molecule has 2 N–H and O–H groups in total. The highest BCUT2D eigenvalue weighted by Crippen LogP contribution is 2.23. The summed E-state index contributed by atoms with van der Waals surface area (Å²) in [5.74, 6) is -0.905. The Morgan fingerprint density at radius 2 is 1.74 bits per heavy atom. The van der Waals surface area contributed by atoms with Crippen molar-refractivity contribution in [3.63, 3.8) is 0 Å². The van der Waals surface area contributed by atoms with Gasteiger partial charge in [-0.3, -0.25) is 4.79 Å². The van der Waals surface area contributed by atoms with Crippen molar-refractivity contribution >= 4 is 16.9 Å². The highest BCUT2D eigenvalue weighted by Gasteiger charge is 2.15. The second-order valence-electron chi connectivity index (χ2n) is 5.95. The number of aromatic carboxylic acids is 1. The van der Waals surface area contributed by atoms with Crippen molar-refractivity contribution in [2.75, 3.05) is 13.2 Å². The summed E-state index contributed by atoms with van der Waals surface area (Å²) in [6.45, 7) is 1.82. The second-order valence-corrected chi connectivity index (χ2v) is 5.95. The Kier molecular flexibility index (Phi) is 5.42. The maximum absolute atomic E-state index is 12.2. The molecule has 0 aliphatic carbocycles. The van der Waals surface area contributed by atoms with Crippen LogP contribution in [0, 0.1) is 6.92 Å². The lowest BCUT2D eigenvalue weighted by Gasteiger charge is -2.15. The third kappa shape index (κ3) is 4.27. The van der Waals surface area contributed by atoms with Crippen molar-refractivity contribution in [2.24, 2.45) is 0 Å². The lowest BCUT2D eigenvalue weighted by molar-refractivity contribution is 0.0629. The number of para-hydroxylation sites is 1.